The maximum Gasteiger partial charge on any atom is 0.389 e. The normalized spacial score (nSPS) is 12.0. The van der Waals surface area contributed by atoms with Crippen LogP contribution in [0.15, 0.2) is 23.1 Å². The molecule has 1 rings (SSSR count). The molecule has 0 radical (unpaired) electrons. The predicted molar refractivity (Wildman–Crippen MR) is 68.3 cm³/mol. The van der Waals surface area contributed by atoms with Crippen molar-refractivity contribution in [3.8, 4) is 5.75 Å². The van der Waals surface area contributed by atoms with Crippen LogP contribution < -0.4 is 15.2 Å². The molecule has 6 nitrogen and oxygen atoms in total. The van der Waals surface area contributed by atoms with E-state index in [1.54, 1.807) is 0 Å². The van der Waals surface area contributed by atoms with Crippen LogP contribution in [0.4, 0.5) is 18.9 Å². The summed E-state index contributed by atoms with van der Waals surface area (Å²) in [5.41, 5.74) is 0.103. The number of primary sulfonamides is 1. The van der Waals surface area contributed by atoms with Crippen LogP contribution in [0.5, 0.6) is 5.75 Å². The van der Waals surface area contributed by atoms with E-state index in [0.29, 0.717) is 0 Å². The largest absolute Gasteiger partial charge is 0.495 e. The van der Waals surface area contributed by atoms with Crippen LogP contribution in [0.1, 0.15) is 12.8 Å². The number of alkyl halides is 3. The van der Waals surface area contributed by atoms with Gasteiger partial charge in [0, 0.05) is 18.2 Å². The van der Waals surface area contributed by atoms with Crippen molar-refractivity contribution in [3.63, 3.8) is 0 Å². The third-order valence-electron chi connectivity index (χ3n) is 2.39. The van der Waals surface area contributed by atoms with Crippen molar-refractivity contribution in [3.05, 3.63) is 18.2 Å². The first-order chi connectivity index (χ1) is 9.53. The van der Waals surface area contributed by atoms with Gasteiger partial charge in [-0.3, -0.25) is 4.79 Å². The molecular formula is C11H13F3N2O4S. The van der Waals surface area contributed by atoms with Gasteiger partial charge in [0.05, 0.1) is 13.5 Å². The molecule has 0 aliphatic rings. The van der Waals surface area contributed by atoms with Crippen molar-refractivity contribution in [2.24, 2.45) is 5.14 Å². The number of benzene rings is 1. The number of amides is 1. The highest BCUT2D eigenvalue weighted by molar-refractivity contribution is 7.89. The van der Waals surface area contributed by atoms with Crippen molar-refractivity contribution in [1.82, 2.24) is 0 Å². The van der Waals surface area contributed by atoms with Gasteiger partial charge >= 0.3 is 6.18 Å². The Morgan fingerprint density at radius 2 is 2.00 bits per heavy atom. The second-order valence-electron chi connectivity index (χ2n) is 4.07. The molecule has 21 heavy (non-hydrogen) atoms. The van der Waals surface area contributed by atoms with Crippen LogP contribution >= 0.6 is 0 Å². The van der Waals surface area contributed by atoms with E-state index in [0.717, 1.165) is 12.1 Å². The van der Waals surface area contributed by atoms with Crippen molar-refractivity contribution < 1.29 is 31.1 Å². The molecule has 1 aromatic carbocycles. The summed E-state index contributed by atoms with van der Waals surface area (Å²) in [6.45, 7) is 0. The summed E-state index contributed by atoms with van der Waals surface area (Å²) in [7, 11) is -2.81. The molecule has 1 aromatic rings. The number of carbonyl (C=O) groups excluding carboxylic acids is 1. The average Bonchev–Trinajstić information content (AvgIpc) is 2.34. The molecule has 10 heteroatoms. The summed E-state index contributed by atoms with van der Waals surface area (Å²) >= 11 is 0. The number of hydrogen-bond acceptors (Lipinski definition) is 4. The smallest absolute Gasteiger partial charge is 0.389 e. The third-order valence-corrected chi connectivity index (χ3v) is 3.34. The van der Waals surface area contributed by atoms with Crippen LogP contribution in [0.3, 0.4) is 0 Å². The van der Waals surface area contributed by atoms with Gasteiger partial charge in [-0.05, 0) is 12.1 Å². The molecule has 3 N–H and O–H groups in total. The Hall–Kier alpha value is -1.81. The Bertz CT molecular complexity index is 629. The fourth-order valence-corrected chi connectivity index (χ4v) is 2.14. The van der Waals surface area contributed by atoms with Gasteiger partial charge in [0.15, 0.2) is 0 Å². The van der Waals surface area contributed by atoms with E-state index in [9.17, 15) is 26.4 Å². The highest BCUT2D eigenvalue weighted by atomic mass is 32.2. The van der Waals surface area contributed by atoms with E-state index in [4.69, 9.17) is 9.88 Å². The summed E-state index contributed by atoms with van der Waals surface area (Å²) in [6.07, 6.45) is -6.40. The van der Waals surface area contributed by atoms with Crippen LogP contribution in [0, 0.1) is 0 Å². The first-order valence-electron chi connectivity index (χ1n) is 5.60. The van der Waals surface area contributed by atoms with Gasteiger partial charge in [0.1, 0.15) is 10.6 Å². The molecule has 1 amide bonds. The molecular weight excluding hydrogens is 313 g/mol. The third kappa shape index (κ3) is 5.60. The van der Waals surface area contributed by atoms with Crippen LogP contribution in [0.25, 0.3) is 0 Å². The van der Waals surface area contributed by atoms with Crippen molar-refractivity contribution in [2.75, 3.05) is 12.4 Å². The average molecular weight is 326 g/mol. The molecule has 0 aliphatic carbocycles. The summed E-state index contributed by atoms with van der Waals surface area (Å²) in [6, 6.07) is 3.45. The van der Waals surface area contributed by atoms with Crippen LogP contribution in [-0.4, -0.2) is 27.6 Å². The van der Waals surface area contributed by atoms with Crippen LogP contribution in [0.2, 0.25) is 0 Å². The SMILES string of the molecule is COc1cc(NC(=O)CCC(F)(F)F)ccc1S(N)(=O)=O. The zero-order valence-electron chi connectivity index (χ0n) is 10.9. The topological polar surface area (TPSA) is 98.5 Å². The number of hydrogen-bond donors (Lipinski definition) is 2. The van der Waals surface area contributed by atoms with E-state index >= 15 is 0 Å². The molecule has 0 unspecified atom stereocenters. The monoisotopic (exact) mass is 326 g/mol. The van der Waals surface area contributed by atoms with Gasteiger partial charge < -0.3 is 10.1 Å². The maximum atomic E-state index is 12.0. The number of nitrogens with one attached hydrogen (secondary N) is 1. The molecule has 0 aromatic heterocycles. The second-order valence-corrected chi connectivity index (χ2v) is 5.60. The Balaban J connectivity index is 2.84. The molecule has 118 valence electrons. The number of rotatable bonds is 5. The Labute approximate surface area is 119 Å². The van der Waals surface area contributed by atoms with E-state index in [-0.39, 0.29) is 16.3 Å². The molecule has 0 bridgehead atoms. The zero-order valence-corrected chi connectivity index (χ0v) is 11.7. The predicted octanol–water partition coefficient (Wildman–Crippen LogP) is 1.62. The number of sulfonamides is 1. The van der Waals surface area contributed by atoms with Gasteiger partial charge in [-0.1, -0.05) is 0 Å². The summed E-state index contributed by atoms with van der Waals surface area (Å²) in [4.78, 5) is 11.1. The minimum atomic E-state index is -4.42. The first-order valence-corrected chi connectivity index (χ1v) is 7.15. The highest BCUT2D eigenvalue weighted by Crippen LogP contribution is 2.27. The number of nitrogens with two attached hydrogens (primary N) is 1. The van der Waals surface area contributed by atoms with E-state index in [1.165, 1.54) is 13.2 Å². The molecule has 0 aliphatic heterocycles. The summed E-state index contributed by atoms with van der Waals surface area (Å²) < 4.78 is 63.2. The number of methoxy groups -OCH3 is 1. The Morgan fingerprint density at radius 3 is 2.48 bits per heavy atom. The quantitative estimate of drug-likeness (QED) is 0.859. The Kier molecular flexibility index (Phi) is 5.18. The lowest BCUT2D eigenvalue weighted by Gasteiger charge is -2.11. The van der Waals surface area contributed by atoms with Gasteiger partial charge in [-0.25, -0.2) is 13.6 Å². The lowest BCUT2D eigenvalue weighted by molar-refractivity contribution is -0.142. The lowest BCUT2D eigenvalue weighted by Crippen LogP contribution is -2.17. The van der Waals surface area contributed by atoms with Gasteiger partial charge in [0.2, 0.25) is 15.9 Å². The summed E-state index contributed by atoms with van der Waals surface area (Å²) in [5, 5.41) is 7.17. The van der Waals surface area contributed by atoms with Gasteiger partial charge in [-0.2, -0.15) is 13.2 Å². The lowest BCUT2D eigenvalue weighted by atomic mass is 10.2. The molecule has 0 saturated carbocycles. The number of halogens is 3. The highest BCUT2D eigenvalue weighted by Gasteiger charge is 2.28. The molecule has 0 saturated heterocycles. The summed E-state index contributed by atoms with van der Waals surface area (Å²) in [5.74, 6) is -0.969. The van der Waals surface area contributed by atoms with Crippen molar-refractivity contribution in [1.29, 1.82) is 0 Å². The van der Waals surface area contributed by atoms with Gasteiger partial charge in [0.25, 0.3) is 0 Å². The minimum Gasteiger partial charge on any atom is -0.495 e. The van der Waals surface area contributed by atoms with E-state index in [2.05, 4.69) is 5.32 Å². The maximum absolute atomic E-state index is 12.0. The molecule has 0 atom stereocenters. The van der Waals surface area contributed by atoms with Crippen LogP contribution in [-0.2, 0) is 14.8 Å². The molecule has 0 spiro atoms. The number of ether oxygens (including phenoxy) is 1. The number of anilines is 1. The van der Waals surface area contributed by atoms with E-state index < -0.39 is 34.9 Å². The number of carbonyl (C=O) groups is 1. The second kappa shape index (κ2) is 6.31. The first kappa shape index (κ1) is 17.2. The van der Waals surface area contributed by atoms with Crippen molar-refractivity contribution >= 4 is 21.6 Å². The Morgan fingerprint density at radius 1 is 1.38 bits per heavy atom. The standard InChI is InChI=1S/C11H13F3N2O4S/c1-20-8-6-7(2-3-9(8)21(15,18)19)16-10(17)4-5-11(12,13)14/h2-3,6H,4-5H2,1H3,(H,16,17)(H2,15,18,19). The molecule has 0 fully saturated rings. The zero-order chi connectivity index (χ0) is 16.3. The van der Waals surface area contributed by atoms with Crippen molar-refractivity contribution in [2.45, 2.75) is 23.9 Å². The van der Waals surface area contributed by atoms with Gasteiger partial charge in [-0.15, -0.1) is 0 Å². The minimum absolute atomic E-state index is 0.103. The molecule has 0 heterocycles. The fourth-order valence-electron chi connectivity index (χ4n) is 1.46. The fraction of sp³-hybridized carbons (Fsp3) is 0.364. The van der Waals surface area contributed by atoms with E-state index in [1.807, 2.05) is 0 Å².